The van der Waals surface area contributed by atoms with Gasteiger partial charge in [0.1, 0.15) is 5.82 Å². The minimum absolute atomic E-state index is 0.130. The number of benzene rings is 1. The van der Waals surface area contributed by atoms with Crippen LogP contribution in [0.3, 0.4) is 0 Å². The van der Waals surface area contributed by atoms with E-state index in [1.807, 2.05) is 13.0 Å². The highest BCUT2D eigenvalue weighted by atomic mass is 35.5. The summed E-state index contributed by atoms with van der Waals surface area (Å²) in [5, 5.41) is 0.130. The van der Waals surface area contributed by atoms with Crippen molar-refractivity contribution in [1.82, 2.24) is 4.98 Å². The molecule has 1 aromatic carbocycles. The highest BCUT2D eigenvalue weighted by Gasteiger charge is 2.12. The molecule has 3 heteroatoms. The van der Waals surface area contributed by atoms with Gasteiger partial charge in [-0.1, -0.05) is 31.5 Å². The minimum atomic E-state index is -0.404. The van der Waals surface area contributed by atoms with Crippen LogP contribution in [0.15, 0.2) is 30.3 Å². The highest BCUT2D eigenvalue weighted by Crippen LogP contribution is 2.30. The van der Waals surface area contributed by atoms with E-state index in [-0.39, 0.29) is 5.02 Å². The molecule has 0 bridgehead atoms. The summed E-state index contributed by atoms with van der Waals surface area (Å²) in [5.74, 6) is -0.0453. The Balaban J connectivity index is 2.61. The van der Waals surface area contributed by atoms with Gasteiger partial charge in [-0.15, -0.1) is 0 Å². The predicted octanol–water partition coefficient (Wildman–Crippen LogP) is 4.97. The van der Waals surface area contributed by atoms with Crippen LogP contribution in [-0.4, -0.2) is 4.98 Å². The molecule has 0 N–H and O–H groups in total. The van der Waals surface area contributed by atoms with Crippen LogP contribution in [-0.2, 0) is 0 Å². The van der Waals surface area contributed by atoms with Crippen LogP contribution in [0.2, 0.25) is 5.02 Å². The molecule has 18 heavy (non-hydrogen) atoms. The second-order valence-corrected chi connectivity index (χ2v) is 5.08. The van der Waals surface area contributed by atoms with Gasteiger partial charge in [-0.05, 0) is 42.7 Å². The zero-order valence-electron chi connectivity index (χ0n) is 10.7. The Morgan fingerprint density at radius 2 is 1.89 bits per heavy atom. The molecule has 0 spiro atoms. The molecule has 0 atom stereocenters. The fourth-order valence-corrected chi connectivity index (χ4v) is 2.09. The first-order valence-electron chi connectivity index (χ1n) is 5.92. The van der Waals surface area contributed by atoms with Crippen molar-refractivity contribution in [3.8, 4) is 11.3 Å². The molecule has 2 aromatic rings. The fourth-order valence-electron chi connectivity index (χ4n) is 1.91. The summed E-state index contributed by atoms with van der Waals surface area (Å²) in [7, 11) is 0. The van der Waals surface area contributed by atoms with Gasteiger partial charge in [-0.25, -0.2) is 4.39 Å². The van der Waals surface area contributed by atoms with Gasteiger partial charge in [0.05, 0.1) is 10.7 Å². The van der Waals surface area contributed by atoms with Crippen molar-refractivity contribution in [3.05, 3.63) is 52.4 Å². The van der Waals surface area contributed by atoms with Crippen LogP contribution >= 0.6 is 11.6 Å². The molecule has 94 valence electrons. The number of aryl methyl sites for hydroxylation is 1. The molecule has 0 radical (unpaired) electrons. The summed E-state index contributed by atoms with van der Waals surface area (Å²) in [6.07, 6.45) is 0. The van der Waals surface area contributed by atoms with Crippen molar-refractivity contribution < 1.29 is 4.39 Å². The van der Waals surface area contributed by atoms with Crippen LogP contribution in [0.4, 0.5) is 4.39 Å². The first-order valence-corrected chi connectivity index (χ1v) is 6.30. The maximum atomic E-state index is 13.2. The number of halogens is 2. The van der Waals surface area contributed by atoms with Crippen LogP contribution in [0.25, 0.3) is 11.3 Å². The van der Waals surface area contributed by atoms with E-state index in [0.29, 0.717) is 5.92 Å². The largest absolute Gasteiger partial charge is 0.253 e. The maximum absolute atomic E-state index is 13.2. The van der Waals surface area contributed by atoms with Crippen LogP contribution < -0.4 is 0 Å². The zero-order valence-corrected chi connectivity index (χ0v) is 11.4. The molecule has 1 heterocycles. The lowest BCUT2D eigenvalue weighted by Gasteiger charge is -2.13. The molecule has 1 nitrogen and oxygen atoms in total. The summed E-state index contributed by atoms with van der Waals surface area (Å²) in [5.41, 5.74) is 3.82. The summed E-state index contributed by atoms with van der Waals surface area (Å²) >= 11 is 5.83. The van der Waals surface area contributed by atoms with E-state index in [1.165, 1.54) is 6.07 Å². The van der Waals surface area contributed by atoms with Crippen LogP contribution in [0.1, 0.15) is 31.0 Å². The molecule has 2 rings (SSSR count). The maximum Gasteiger partial charge on any atom is 0.141 e. The second-order valence-electron chi connectivity index (χ2n) is 4.67. The SMILES string of the molecule is Cc1ccc(C(C)C)c(-c2ccc(F)c(Cl)c2)n1. The molecule has 1 aromatic heterocycles. The van der Waals surface area contributed by atoms with Gasteiger partial charge in [0.2, 0.25) is 0 Å². The topological polar surface area (TPSA) is 12.9 Å². The van der Waals surface area contributed by atoms with Crippen molar-refractivity contribution in [2.24, 2.45) is 0 Å². The first-order chi connectivity index (χ1) is 8.49. The van der Waals surface area contributed by atoms with E-state index in [2.05, 4.69) is 24.9 Å². The third kappa shape index (κ3) is 2.54. The number of nitrogens with zero attached hydrogens (tertiary/aromatic N) is 1. The van der Waals surface area contributed by atoms with E-state index in [0.717, 1.165) is 22.5 Å². The molecule has 0 aliphatic heterocycles. The van der Waals surface area contributed by atoms with Gasteiger partial charge in [0.15, 0.2) is 0 Å². The zero-order chi connectivity index (χ0) is 13.3. The van der Waals surface area contributed by atoms with Crippen LogP contribution in [0.5, 0.6) is 0 Å². The lowest BCUT2D eigenvalue weighted by atomic mass is 9.97. The average Bonchev–Trinajstić information content (AvgIpc) is 2.32. The highest BCUT2D eigenvalue weighted by molar-refractivity contribution is 6.31. The molecular weight excluding hydrogens is 249 g/mol. The predicted molar refractivity (Wildman–Crippen MR) is 73.5 cm³/mol. The summed E-state index contributed by atoms with van der Waals surface area (Å²) in [6, 6.07) is 8.79. The quantitative estimate of drug-likeness (QED) is 0.745. The molecule has 0 aliphatic rings. The smallest absolute Gasteiger partial charge is 0.141 e. The molecule has 0 saturated heterocycles. The van der Waals surface area contributed by atoms with Crippen molar-refractivity contribution in [3.63, 3.8) is 0 Å². The van der Waals surface area contributed by atoms with Crippen molar-refractivity contribution in [2.75, 3.05) is 0 Å². The van der Waals surface area contributed by atoms with E-state index in [1.54, 1.807) is 12.1 Å². The normalized spacial score (nSPS) is 11.0. The standard InChI is InChI=1S/C15H15ClFN/c1-9(2)12-6-4-10(3)18-15(12)11-5-7-14(17)13(16)8-11/h4-9H,1-3H3. The Morgan fingerprint density at radius 1 is 1.17 bits per heavy atom. The lowest BCUT2D eigenvalue weighted by molar-refractivity contribution is 0.628. The average molecular weight is 264 g/mol. The Morgan fingerprint density at radius 3 is 2.50 bits per heavy atom. The van der Waals surface area contributed by atoms with Gasteiger partial charge >= 0.3 is 0 Å². The Kier molecular flexibility index (Phi) is 3.67. The number of hydrogen-bond acceptors (Lipinski definition) is 1. The monoisotopic (exact) mass is 263 g/mol. The summed E-state index contributed by atoms with van der Waals surface area (Å²) in [6.45, 7) is 6.17. The molecule has 0 saturated carbocycles. The Bertz CT molecular complexity index is 579. The van der Waals surface area contributed by atoms with E-state index in [9.17, 15) is 4.39 Å². The molecule has 0 unspecified atom stereocenters. The Labute approximate surface area is 112 Å². The number of pyridine rings is 1. The van der Waals surface area contributed by atoms with Gasteiger partial charge in [-0.3, -0.25) is 4.98 Å². The second kappa shape index (κ2) is 5.07. The third-order valence-corrected chi connectivity index (χ3v) is 3.17. The number of rotatable bonds is 2. The number of hydrogen-bond donors (Lipinski definition) is 0. The number of aromatic nitrogens is 1. The molecule has 0 amide bonds. The van der Waals surface area contributed by atoms with Crippen molar-refractivity contribution >= 4 is 11.6 Å². The first kappa shape index (κ1) is 13.0. The minimum Gasteiger partial charge on any atom is -0.253 e. The van der Waals surface area contributed by atoms with E-state index in [4.69, 9.17) is 11.6 Å². The van der Waals surface area contributed by atoms with Crippen LogP contribution in [0, 0.1) is 12.7 Å². The molecular formula is C15H15ClFN. The lowest BCUT2D eigenvalue weighted by Crippen LogP contribution is -1.97. The van der Waals surface area contributed by atoms with Gasteiger partial charge in [0.25, 0.3) is 0 Å². The van der Waals surface area contributed by atoms with E-state index < -0.39 is 5.82 Å². The van der Waals surface area contributed by atoms with Crippen molar-refractivity contribution in [1.29, 1.82) is 0 Å². The fraction of sp³-hybridized carbons (Fsp3) is 0.267. The van der Waals surface area contributed by atoms with Gasteiger partial charge < -0.3 is 0 Å². The van der Waals surface area contributed by atoms with Gasteiger partial charge in [-0.2, -0.15) is 0 Å². The Hall–Kier alpha value is -1.41. The molecule has 0 aliphatic carbocycles. The summed E-state index contributed by atoms with van der Waals surface area (Å²) < 4.78 is 13.2. The molecule has 0 fully saturated rings. The van der Waals surface area contributed by atoms with E-state index >= 15 is 0 Å². The summed E-state index contributed by atoms with van der Waals surface area (Å²) in [4.78, 5) is 4.55. The van der Waals surface area contributed by atoms with Gasteiger partial charge in [0, 0.05) is 11.3 Å². The van der Waals surface area contributed by atoms with Crippen molar-refractivity contribution in [2.45, 2.75) is 26.7 Å². The third-order valence-electron chi connectivity index (χ3n) is 2.88.